The zero-order valence-electron chi connectivity index (χ0n) is 8.95. The Labute approximate surface area is 93.1 Å². The number of fused-ring (bicyclic) bond motifs is 1. The Balaban J connectivity index is 2.28. The van der Waals surface area contributed by atoms with E-state index in [9.17, 15) is 4.79 Å². The van der Waals surface area contributed by atoms with E-state index >= 15 is 0 Å². The first-order valence-electron chi connectivity index (χ1n) is 4.88. The number of aryl methyl sites for hydroxylation is 1. The van der Waals surface area contributed by atoms with Crippen molar-refractivity contribution in [2.75, 3.05) is 6.79 Å². The first kappa shape index (κ1) is 10.5. The van der Waals surface area contributed by atoms with Crippen LogP contribution in [0.1, 0.15) is 11.1 Å². The fourth-order valence-corrected chi connectivity index (χ4v) is 1.58. The monoisotopic (exact) mass is 220 g/mol. The first-order valence-corrected chi connectivity index (χ1v) is 4.88. The molecule has 0 spiro atoms. The molecular weight excluding hydrogens is 208 g/mol. The minimum Gasteiger partial charge on any atom is -0.478 e. The lowest BCUT2D eigenvalue weighted by molar-refractivity contribution is -0.132. The number of hydrogen-bond donors (Lipinski definition) is 1. The van der Waals surface area contributed by atoms with Crippen LogP contribution in [0.25, 0.3) is 0 Å². The summed E-state index contributed by atoms with van der Waals surface area (Å²) in [5.74, 6) is 0.401. The average molecular weight is 220 g/mol. The van der Waals surface area contributed by atoms with Crippen LogP contribution in [-0.4, -0.2) is 17.9 Å². The normalized spacial score (nSPS) is 12.6. The van der Waals surface area contributed by atoms with Crippen molar-refractivity contribution in [3.8, 4) is 11.5 Å². The fraction of sp³-hybridized carbons (Fsp3) is 0.250. The highest BCUT2D eigenvalue weighted by Crippen LogP contribution is 2.35. The summed E-state index contributed by atoms with van der Waals surface area (Å²) >= 11 is 0. The lowest BCUT2D eigenvalue weighted by Crippen LogP contribution is -2.03. The van der Waals surface area contributed by atoms with Gasteiger partial charge in [0.2, 0.25) is 6.79 Å². The van der Waals surface area contributed by atoms with Crippen molar-refractivity contribution in [1.29, 1.82) is 0 Å². The van der Waals surface area contributed by atoms with Gasteiger partial charge in [-0.1, -0.05) is 6.58 Å². The van der Waals surface area contributed by atoms with E-state index in [4.69, 9.17) is 14.6 Å². The molecule has 2 rings (SSSR count). The molecule has 0 unspecified atom stereocenters. The summed E-state index contributed by atoms with van der Waals surface area (Å²) in [5, 5.41) is 8.77. The molecule has 0 radical (unpaired) electrons. The van der Waals surface area contributed by atoms with Crippen molar-refractivity contribution in [2.45, 2.75) is 13.3 Å². The molecule has 4 heteroatoms. The second-order valence-electron chi connectivity index (χ2n) is 3.72. The van der Waals surface area contributed by atoms with Gasteiger partial charge in [-0.05, 0) is 30.2 Å². The van der Waals surface area contributed by atoms with Crippen molar-refractivity contribution < 1.29 is 19.4 Å². The molecule has 84 valence electrons. The Morgan fingerprint density at radius 2 is 2.06 bits per heavy atom. The number of carboxylic acids is 1. The summed E-state index contributed by atoms with van der Waals surface area (Å²) < 4.78 is 10.5. The van der Waals surface area contributed by atoms with Gasteiger partial charge in [0.1, 0.15) is 0 Å². The van der Waals surface area contributed by atoms with Crippen molar-refractivity contribution in [3.63, 3.8) is 0 Å². The van der Waals surface area contributed by atoms with E-state index in [0.717, 1.165) is 11.1 Å². The summed E-state index contributed by atoms with van der Waals surface area (Å²) in [6.45, 7) is 5.64. The Kier molecular flexibility index (Phi) is 2.56. The third-order valence-corrected chi connectivity index (χ3v) is 2.54. The smallest absolute Gasteiger partial charge is 0.331 e. The molecule has 0 bridgehead atoms. The van der Waals surface area contributed by atoms with Gasteiger partial charge in [0.15, 0.2) is 11.5 Å². The highest BCUT2D eigenvalue weighted by atomic mass is 16.7. The number of hydrogen-bond acceptors (Lipinski definition) is 3. The molecule has 0 aromatic heterocycles. The van der Waals surface area contributed by atoms with Crippen LogP contribution >= 0.6 is 0 Å². The number of carboxylic acid groups (broad SMARTS) is 1. The number of benzene rings is 1. The Bertz CT molecular complexity index is 462. The van der Waals surface area contributed by atoms with Crippen molar-refractivity contribution in [2.24, 2.45) is 0 Å². The quantitative estimate of drug-likeness (QED) is 0.790. The van der Waals surface area contributed by atoms with E-state index in [1.165, 1.54) is 0 Å². The molecule has 4 nitrogen and oxygen atoms in total. The maximum atomic E-state index is 10.7. The maximum absolute atomic E-state index is 10.7. The van der Waals surface area contributed by atoms with Crippen LogP contribution < -0.4 is 9.47 Å². The summed E-state index contributed by atoms with van der Waals surface area (Å²) in [4.78, 5) is 10.7. The standard InChI is InChI=1S/C12H12O4/c1-7-4-10-11(16-6-15-10)5-9(7)3-8(2)12(13)14/h4-5H,2-3,6H2,1H3,(H,13,14). The minimum atomic E-state index is -0.975. The van der Waals surface area contributed by atoms with Gasteiger partial charge >= 0.3 is 5.97 Å². The molecule has 1 aromatic rings. The van der Waals surface area contributed by atoms with Gasteiger partial charge < -0.3 is 14.6 Å². The molecule has 1 heterocycles. The number of carbonyl (C=O) groups is 1. The van der Waals surface area contributed by atoms with Gasteiger partial charge in [0.25, 0.3) is 0 Å². The Morgan fingerprint density at radius 3 is 2.69 bits per heavy atom. The second kappa shape index (κ2) is 3.89. The number of rotatable bonds is 3. The van der Waals surface area contributed by atoms with E-state index in [-0.39, 0.29) is 12.4 Å². The molecule has 0 amide bonds. The summed E-state index contributed by atoms with van der Waals surface area (Å²) in [6, 6.07) is 3.67. The lowest BCUT2D eigenvalue weighted by atomic mass is 10.0. The van der Waals surface area contributed by atoms with E-state index < -0.39 is 5.97 Å². The highest BCUT2D eigenvalue weighted by Gasteiger charge is 2.16. The SMILES string of the molecule is C=C(Cc1cc2c(cc1C)OCO2)C(=O)O. The predicted octanol–water partition coefficient (Wildman–Crippen LogP) is 1.91. The molecular formula is C12H12O4. The van der Waals surface area contributed by atoms with Gasteiger partial charge in [0, 0.05) is 12.0 Å². The number of aliphatic carboxylic acids is 1. The topological polar surface area (TPSA) is 55.8 Å². The first-order chi connectivity index (χ1) is 7.58. The fourth-order valence-electron chi connectivity index (χ4n) is 1.58. The average Bonchev–Trinajstić information content (AvgIpc) is 2.65. The minimum absolute atomic E-state index is 0.168. The molecule has 0 saturated heterocycles. The molecule has 1 N–H and O–H groups in total. The van der Waals surface area contributed by atoms with Crippen LogP contribution in [0.2, 0.25) is 0 Å². The van der Waals surface area contributed by atoms with Crippen LogP contribution in [0.15, 0.2) is 24.3 Å². The van der Waals surface area contributed by atoms with E-state index in [2.05, 4.69) is 6.58 Å². The van der Waals surface area contributed by atoms with Crippen LogP contribution in [0.4, 0.5) is 0 Å². The molecule has 0 fully saturated rings. The third kappa shape index (κ3) is 1.86. The number of ether oxygens (including phenoxy) is 2. The van der Waals surface area contributed by atoms with E-state index in [1.54, 1.807) is 0 Å². The van der Waals surface area contributed by atoms with E-state index in [0.29, 0.717) is 17.9 Å². The van der Waals surface area contributed by atoms with E-state index in [1.807, 2.05) is 19.1 Å². The zero-order chi connectivity index (χ0) is 11.7. The summed E-state index contributed by atoms with van der Waals surface area (Å²) in [5.41, 5.74) is 2.05. The molecule has 0 aliphatic carbocycles. The summed E-state index contributed by atoms with van der Waals surface area (Å²) in [7, 11) is 0. The molecule has 1 aliphatic heterocycles. The van der Waals surface area contributed by atoms with Gasteiger partial charge in [-0.2, -0.15) is 0 Å². The Hall–Kier alpha value is -1.97. The van der Waals surface area contributed by atoms with Crippen molar-refractivity contribution >= 4 is 5.97 Å². The maximum Gasteiger partial charge on any atom is 0.331 e. The molecule has 1 aromatic carbocycles. The second-order valence-corrected chi connectivity index (χ2v) is 3.72. The molecule has 16 heavy (non-hydrogen) atoms. The molecule has 0 atom stereocenters. The largest absolute Gasteiger partial charge is 0.478 e. The van der Waals surface area contributed by atoms with Crippen LogP contribution in [-0.2, 0) is 11.2 Å². The van der Waals surface area contributed by atoms with Gasteiger partial charge in [-0.25, -0.2) is 4.79 Å². The van der Waals surface area contributed by atoms with Crippen molar-refractivity contribution in [1.82, 2.24) is 0 Å². The third-order valence-electron chi connectivity index (χ3n) is 2.54. The van der Waals surface area contributed by atoms with Crippen molar-refractivity contribution in [3.05, 3.63) is 35.4 Å². The molecule has 1 aliphatic rings. The van der Waals surface area contributed by atoms with Crippen LogP contribution in [0.5, 0.6) is 11.5 Å². The summed E-state index contributed by atoms with van der Waals surface area (Å²) in [6.07, 6.45) is 0.317. The Morgan fingerprint density at radius 1 is 1.44 bits per heavy atom. The van der Waals surface area contributed by atoms with Gasteiger partial charge in [0.05, 0.1) is 0 Å². The highest BCUT2D eigenvalue weighted by molar-refractivity contribution is 5.86. The van der Waals surface area contributed by atoms with Gasteiger partial charge in [-0.3, -0.25) is 0 Å². The predicted molar refractivity (Wildman–Crippen MR) is 57.8 cm³/mol. The zero-order valence-corrected chi connectivity index (χ0v) is 8.95. The lowest BCUT2D eigenvalue weighted by Gasteiger charge is -2.07. The van der Waals surface area contributed by atoms with Crippen LogP contribution in [0, 0.1) is 6.92 Å². The van der Waals surface area contributed by atoms with Crippen LogP contribution in [0.3, 0.4) is 0 Å². The van der Waals surface area contributed by atoms with Gasteiger partial charge in [-0.15, -0.1) is 0 Å². The molecule has 0 saturated carbocycles.